The van der Waals surface area contributed by atoms with E-state index in [1.54, 1.807) is 6.08 Å². The predicted molar refractivity (Wildman–Crippen MR) is 80.1 cm³/mol. The van der Waals surface area contributed by atoms with Gasteiger partial charge in [0.25, 0.3) is 0 Å². The molecule has 1 atom stereocenters. The number of hydrogen-bond donors (Lipinski definition) is 0. The van der Waals surface area contributed by atoms with Crippen LogP contribution in [0.4, 0.5) is 0 Å². The summed E-state index contributed by atoms with van der Waals surface area (Å²) in [6, 6.07) is 0. The molecular weight excluding hydrogens is 254 g/mol. The van der Waals surface area contributed by atoms with Crippen LogP contribution in [0, 0.1) is 0 Å². The summed E-state index contributed by atoms with van der Waals surface area (Å²) in [6.07, 6.45) is 5.54. The van der Waals surface area contributed by atoms with Gasteiger partial charge in [-0.1, -0.05) is 19.4 Å². The SMILES string of the molecule is C=CCOC1CCC(C(=O)OCC)=C(C)N1CCCC. The summed E-state index contributed by atoms with van der Waals surface area (Å²) < 4.78 is 11.0. The third-order valence-electron chi connectivity index (χ3n) is 3.54. The maximum Gasteiger partial charge on any atom is 0.335 e. The largest absolute Gasteiger partial charge is 0.463 e. The van der Waals surface area contributed by atoms with E-state index in [-0.39, 0.29) is 12.2 Å². The van der Waals surface area contributed by atoms with Crippen molar-refractivity contribution in [3.8, 4) is 0 Å². The summed E-state index contributed by atoms with van der Waals surface area (Å²) in [4.78, 5) is 14.2. The van der Waals surface area contributed by atoms with Crippen LogP contribution in [0.2, 0.25) is 0 Å². The third kappa shape index (κ3) is 4.37. The minimum absolute atomic E-state index is 0.0396. The van der Waals surface area contributed by atoms with E-state index in [1.807, 2.05) is 13.8 Å². The molecule has 0 aliphatic carbocycles. The molecule has 0 aromatic rings. The minimum atomic E-state index is -0.186. The second-order valence-electron chi connectivity index (χ2n) is 4.95. The van der Waals surface area contributed by atoms with Gasteiger partial charge in [0.05, 0.1) is 18.8 Å². The van der Waals surface area contributed by atoms with Crippen molar-refractivity contribution in [2.45, 2.75) is 52.7 Å². The van der Waals surface area contributed by atoms with E-state index >= 15 is 0 Å². The van der Waals surface area contributed by atoms with Gasteiger partial charge in [0.2, 0.25) is 0 Å². The lowest BCUT2D eigenvalue weighted by molar-refractivity contribution is -0.139. The maximum absolute atomic E-state index is 12.0. The Bertz CT molecular complexity index is 363. The quantitative estimate of drug-likeness (QED) is 0.506. The van der Waals surface area contributed by atoms with Gasteiger partial charge in [-0.05, 0) is 33.1 Å². The van der Waals surface area contributed by atoms with Crippen molar-refractivity contribution in [1.82, 2.24) is 4.90 Å². The Hall–Kier alpha value is -1.29. The molecular formula is C16H27NO3. The zero-order chi connectivity index (χ0) is 15.0. The van der Waals surface area contributed by atoms with E-state index in [0.717, 1.165) is 43.5 Å². The fraction of sp³-hybridized carbons (Fsp3) is 0.688. The highest BCUT2D eigenvalue weighted by atomic mass is 16.5. The van der Waals surface area contributed by atoms with Gasteiger partial charge in [-0.25, -0.2) is 4.79 Å². The first-order chi connectivity index (χ1) is 9.65. The standard InChI is InChI=1S/C16H27NO3/c1-5-8-11-17-13(4)14(16(18)19-7-3)9-10-15(17)20-12-6-2/h6,15H,2,5,7-12H2,1,3-4H3. The van der Waals surface area contributed by atoms with Crippen LogP contribution in [0.3, 0.4) is 0 Å². The van der Waals surface area contributed by atoms with Crippen LogP contribution in [0.25, 0.3) is 0 Å². The average molecular weight is 281 g/mol. The molecule has 4 heteroatoms. The molecule has 114 valence electrons. The van der Waals surface area contributed by atoms with Crippen LogP contribution in [0.1, 0.15) is 46.5 Å². The fourth-order valence-electron chi connectivity index (χ4n) is 2.45. The van der Waals surface area contributed by atoms with Crippen molar-refractivity contribution >= 4 is 5.97 Å². The third-order valence-corrected chi connectivity index (χ3v) is 3.54. The monoisotopic (exact) mass is 281 g/mol. The number of ether oxygens (including phenoxy) is 2. The average Bonchev–Trinajstić information content (AvgIpc) is 2.44. The Kier molecular flexibility index (Phi) is 7.37. The lowest BCUT2D eigenvalue weighted by Crippen LogP contribution is -2.41. The highest BCUT2D eigenvalue weighted by Crippen LogP contribution is 2.28. The minimum Gasteiger partial charge on any atom is -0.463 e. The Morgan fingerprint density at radius 2 is 2.25 bits per heavy atom. The Morgan fingerprint density at radius 3 is 2.85 bits per heavy atom. The van der Waals surface area contributed by atoms with Gasteiger partial charge >= 0.3 is 5.97 Å². The smallest absolute Gasteiger partial charge is 0.335 e. The number of allylic oxidation sites excluding steroid dienone is 1. The molecule has 0 fully saturated rings. The van der Waals surface area contributed by atoms with Crippen LogP contribution in [0.5, 0.6) is 0 Å². The molecule has 20 heavy (non-hydrogen) atoms. The molecule has 1 aliphatic rings. The van der Waals surface area contributed by atoms with E-state index in [1.165, 1.54) is 0 Å². The van der Waals surface area contributed by atoms with Crippen LogP contribution in [-0.4, -0.2) is 36.9 Å². The van der Waals surface area contributed by atoms with Gasteiger partial charge < -0.3 is 14.4 Å². The number of unbranched alkanes of at least 4 members (excludes halogenated alkanes) is 1. The van der Waals surface area contributed by atoms with Crippen LogP contribution in [0.15, 0.2) is 23.9 Å². The first-order valence-corrected chi connectivity index (χ1v) is 7.51. The van der Waals surface area contributed by atoms with E-state index < -0.39 is 0 Å². The molecule has 1 rings (SSSR count). The fourth-order valence-corrected chi connectivity index (χ4v) is 2.45. The molecule has 0 aromatic heterocycles. The molecule has 0 saturated carbocycles. The van der Waals surface area contributed by atoms with Crippen molar-refractivity contribution in [1.29, 1.82) is 0 Å². The summed E-state index contributed by atoms with van der Waals surface area (Å²) in [6.45, 7) is 11.5. The van der Waals surface area contributed by atoms with Gasteiger partial charge in [-0.3, -0.25) is 0 Å². The Morgan fingerprint density at radius 1 is 1.50 bits per heavy atom. The first-order valence-electron chi connectivity index (χ1n) is 7.51. The number of carbonyl (C=O) groups is 1. The summed E-state index contributed by atoms with van der Waals surface area (Å²) >= 11 is 0. The van der Waals surface area contributed by atoms with Gasteiger partial charge in [0.1, 0.15) is 6.23 Å². The molecule has 0 bridgehead atoms. The van der Waals surface area contributed by atoms with Crippen molar-refractivity contribution in [3.05, 3.63) is 23.9 Å². The second kappa shape index (κ2) is 8.80. The lowest BCUT2D eigenvalue weighted by Gasteiger charge is -2.38. The van der Waals surface area contributed by atoms with Crippen molar-refractivity contribution in [2.75, 3.05) is 19.8 Å². The van der Waals surface area contributed by atoms with Crippen molar-refractivity contribution in [2.24, 2.45) is 0 Å². The number of nitrogens with zero attached hydrogens (tertiary/aromatic N) is 1. The summed E-state index contributed by atoms with van der Waals surface area (Å²) in [5.41, 5.74) is 1.79. The molecule has 0 spiro atoms. The van der Waals surface area contributed by atoms with E-state index in [4.69, 9.17) is 9.47 Å². The van der Waals surface area contributed by atoms with Crippen molar-refractivity contribution < 1.29 is 14.3 Å². The zero-order valence-corrected chi connectivity index (χ0v) is 13.0. The summed E-state index contributed by atoms with van der Waals surface area (Å²) in [5.74, 6) is -0.186. The highest BCUT2D eigenvalue weighted by Gasteiger charge is 2.29. The molecule has 4 nitrogen and oxygen atoms in total. The molecule has 0 N–H and O–H groups in total. The van der Waals surface area contributed by atoms with E-state index in [2.05, 4.69) is 18.4 Å². The number of hydrogen-bond acceptors (Lipinski definition) is 4. The number of esters is 1. The normalized spacial score (nSPS) is 19.1. The Balaban J connectivity index is 2.86. The van der Waals surface area contributed by atoms with E-state index in [0.29, 0.717) is 13.2 Å². The molecule has 0 amide bonds. The molecule has 0 radical (unpaired) electrons. The zero-order valence-electron chi connectivity index (χ0n) is 13.0. The van der Waals surface area contributed by atoms with E-state index in [9.17, 15) is 4.79 Å². The van der Waals surface area contributed by atoms with Crippen LogP contribution in [-0.2, 0) is 14.3 Å². The molecule has 1 aliphatic heterocycles. The van der Waals surface area contributed by atoms with Gasteiger partial charge in [-0.2, -0.15) is 0 Å². The van der Waals surface area contributed by atoms with Gasteiger partial charge in [0, 0.05) is 12.2 Å². The second-order valence-corrected chi connectivity index (χ2v) is 4.95. The van der Waals surface area contributed by atoms with Crippen LogP contribution < -0.4 is 0 Å². The highest BCUT2D eigenvalue weighted by molar-refractivity contribution is 5.89. The van der Waals surface area contributed by atoms with Gasteiger partial charge in [0.15, 0.2) is 0 Å². The summed E-state index contributed by atoms with van der Waals surface area (Å²) in [5, 5.41) is 0. The van der Waals surface area contributed by atoms with Crippen LogP contribution >= 0.6 is 0 Å². The predicted octanol–water partition coefficient (Wildman–Crippen LogP) is 3.25. The molecule has 1 heterocycles. The molecule has 0 saturated heterocycles. The first kappa shape index (κ1) is 16.8. The lowest BCUT2D eigenvalue weighted by atomic mass is 10.0. The number of carbonyl (C=O) groups excluding carboxylic acids is 1. The number of rotatable bonds is 8. The Labute approximate surface area is 122 Å². The van der Waals surface area contributed by atoms with Gasteiger partial charge in [-0.15, -0.1) is 6.58 Å². The van der Waals surface area contributed by atoms with Crippen molar-refractivity contribution in [3.63, 3.8) is 0 Å². The maximum atomic E-state index is 12.0. The molecule has 0 aromatic carbocycles. The molecule has 1 unspecified atom stereocenters. The summed E-state index contributed by atoms with van der Waals surface area (Å²) in [7, 11) is 0. The topological polar surface area (TPSA) is 38.8 Å².